The molecule has 1 aliphatic carbocycles. The Morgan fingerprint density at radius 2 is 1.76 bits per heavy atom. The molecule has 1 aromatic rings. The third-order valence-electron chi connectivity index (χ3n) is 4.99. The van der Waals surface area contributed by atoms with Gasteiger partial charge in [-0.25, -0.2) is 0 Å². The van der Waals surface area contributed by atoms with Crippen LogP contribution >= 0.6 is 0 Å². The Morgan fingerprint density at radius 1 is 1.16 bits per heavy atom. The number of aromatic nitrogens is 1. The Bertz CT molecular complexity index is 551. The van der Waals surface area contributed by atoms with Crippen molar-refractivity contribution in [3.8, 4) is 0 Å². The summed E-state index contributed by atoms with van der Waals surface area (Å²) < 4.78 is 0. The van der Waals surface area contributed by atoms with Crippen molar-refractivity contribution in [2.24, 2.45) is 17.8 Å². The van der Waals surface area contributed by atoms with Gasteiger partial charge in [-0.05, 0) is 55.7 Å². The maximum absolute atomic E-state index is 12.6. The predicted octanol–water partition coefficient (Wildman–Crippen LogP) is 2.66. The number of hydrogen-bond donors (Lipinski definition) is 1. The van der Waals surface area contributed by atoms with Crippen LogP contribution in [0.3, 0.4) is 0 Å². The highest BCUT2D eigenvalue weighted by atomic mass is 16.2. The summed E-state index contributed by atoms with van der Waals surface area (Å²) in [4.78, 5) is 30.6. The van der Waals surface area contributed by atoms with Crippen LogP contribution in [-0.2, 0) is 16.0 Å². The third-order valence-corrected chi connectivity index (χ3v) is 4.99. The van der Waals surface area contributed by atoms with E-state index >= 15 is 0 Å². The number of carbonyl (C=O) groups is 2. The summed E-state index contributed by atoms with van der Waals surface area (Å²) in [5.74, 6) is 0.984. The van der Waals surface area contributed by atoms with Crippen molar-refractivity contribution in [1.82, 2.24) is 15.2 Å². The molecule has 1 saturated carbocycles. The van der Waals surface area contributed by atoms with Crippen molar-refractivity contribution in [3.05, 3.63) is 30.1 Å². The lowest BCUT2D eigenvalue weighted by molar-refractivity contribution is -0.137. The molecular formula is C20H31N3O2. The second kappa shape index (κ2) is 9.54. The highest BCUT2D eigenvalue weighted by Crippen LogP contribution is 2.30. The van der Waals surface area contributed by atoms with Crippen LogP contribution in [0.2, 0.25) is 0 Å². The van der Waals surface area contributed by atoms with Gasteiger partial charge in [-0.2, -0.15) is 0 Å². The summed E-state index contributed by atoms with van der Waals surface area (Å²) in [6.07, 6.45) is 7.68. The fourth-order valence-corrected chi connectivity index (χ4v) is 3.32. The summed E-state index contributed by atoms with van der Waals surface area (Å²) in [6, 6.07) is 3.97. The molecule has 5 nitrogen and oxygen atoms in total. The highest BCUT2D eigenvalue weighted by molar-refractivity contribution is 5.81. The number of pyridine rings is 1. The van der Waals surface area contributed by atoms with Gasteiger partial charge in [0.05, 0.1) is 0 Å². The molecule has 2 rings (SSSR count). The van der Waals surface area contributed by atoms with Gasteiger partial charge in [0.2, 0.25) is 11.8 Å². The number of amides is 2. The fraction of sp³-hybridized carbons (Fsp3) is 0.650. The molecule has 1 aliphatic rings. The van der Waals surface area contributed by atoms with E-state index < -0.39 is 0 Å². The van der Waals surface area contributed by atoms with Crippen LogP contribution in [0.1, 0.15) is 45.1 Å². The maximum Gasteiger partial charge on any atom is 0.225 e. The molecule has 2 amide bonds. The Labute approximate surface area is 151 Å². The molecular weight excluding hydrogens is 314 g/mol. The number of rotatable bonds is 7. The molecule has 1 N–H and O–H groups in total. The second-order valence-electron chi connectivity index (χ2n) is 7.55. The van der Waals surface area contributed by atoms with E-state index in [0.717, 1.165) is 45.2 Å². The van der Waals surface area contributed by atoms with E-state index in [-0.39, 0.29) is 23.7 Å². The summed E-state index contributed by atoms with van der Waals surface area (Å²) in [5, 5.41) is 3.02. The van der Waals surface area contributed by atoms with Crippen molar-refractivity contribution < 1.29 is 9.59 Å². The van der Waals surface area contributed by atoms with Crippen LogP contribution in [0.4, 0.5) is 0 Å². The third kappa shape index (κ3) is 6.15. The normalized spacial score (nSPS) is 20.3. The number of likely N-dealkylation sites (N-methyl/N-ethyl adjacent to an activating group) is 1. The van der Waals surface area contributed by atoms with Gasteiger partial charge in [-0.15, -0.1) is 0 Å². The molecule has 0 saturated heterocycles. The first-order chi connectivity index (χ1) is 12.0. The zero-order chi connectivity index (χ0) is 18.2. The number of nitrogens with one attached hydrogen (secondary N) is 1. The second-order valence-corrected chi connectivity index (χ2v) is 7.55. The first-order valence-electron chi connectivity index (χ1n) is 9.39. The Balaban J connectivity index is 1.73. The minimum Gasteiger partial charge on any atom is -0.356 e. The van der Waals surface area contributed by atoms with Gasteiger partial charge in [0.25, 0.3) is 0 Å². The maximum atomic E-state index is 12.6. The summed E-state index contributed by atoms with van der Waals surface area (Å²) in [7, 11) is 1.88. The van der Waals surface area contributed by atoms with Gasteiger partial charge >= 0.3 is 0 Å². The average Bonchev–Trinajstić information content (AvgIpc) is 2.64. The molecule has 0 aromatic carbocycles. The molecule has 0 spiro atoms. The zero-order valence-corrected chi connectivity index (χ0v) is 15.7. The molecule has 0 unspecified atom stereocenters. The topological polar surface area (TPSA) is 62.3 Å². The molecule has 0 radical (unpaired) electrons. The first-order valence-corrected chi connectivity index (χ1v) is 9.39. The minimum absolute atomic E-state index is 0.0663. The van der Waals surface area contributed by atoms with E-state index in [4.69, 9.17) is 0 Å². The van der Waals surface area contributed by atoms with Gasteiger partial charge in [-0.1, -0.05) is 13.8 Å². The molecule has 1 fully saturated rings. The summed E-state index contributed by atoms with van der Waals surface area (Å²) in [6.45, 7) is 5.64. The van der Waals surface area contributed by atoms with Crippen LogP contribution in [0.15, 0.2) is 24.5 Å². The van der Waals surface area contributed by atoms with Crippen LogP contribution in [0.25, 0.3) is 0 Å². The van der Waals surface area contributed by atoms with Crippen molar-refractivity contribution >= 4 is 11.8 Å². The monoisotopic (exact) mass is 345 g/mol. The largest absolute Gasteiger partial charge is 0.356 e. The first kappa shape index (κ1) is 19.4. The molecule has 0 bridgehead atoms. The Kier molecular flexibility index (Phi) is 7.41. The lowest BCUT2D eigenvalue weighted by Crippen LogP contribution is -2.39. The SMILES string of the molecule is CC(C)CNC(=O)C1CCC(C(=O)N(C)CCc2ccncc2)CC1. The van der Waals surface area contributed by atoms with Crippen LogP contribution in [-0.4, -0.2) is 41.8 Å². The van der Waals surface area contributed by atoms with Gasteiger partial charge in [0.1, 0.15) is 0 Å². The van der Waals surface area contributed by atoms with E-state index in [1.807, 2.05) is 24.1 Å². The quantitative estimate of drug-likeness (QED) is 0.826. The van der Waals surface area contributed by atoms with Crippen molar-refractivity contribution in [3.63, 3.8) is 0 Å². The molecule has 138 valence electrons. The van der Waals surface area contributed by atoms with E-state index in [2.05, 4.69) is 24.1 Å². The standard InChI is InChI=1S/C20H31N3O2/c1-15(2)14-22-19(24)17-4-6-18(7-5-17)20(25)23(3)13-10-16-8-11-21-12-9-16/h8-9,11-12,15,17-18H,4-7,10,13-14H2,1-3H3,(H,22,24). The van der Waals surface area contributed by atoms with Crippen LogP contribution in [0.5, 0.6) is 0 Å². The molecule has 1 heterocycles. The predicted molar refractivity (Wildman–Crippen MR) is 98.9 cm³/mol. The van der Waals surface area contributed by atoms with E-state index in [1.54, 1.807) is 12.4 Å². The lowest BCUT2D eigenvalue weighted by atomic mass is 9.81. The Morgan fingerprint density at radius 3 is 2.36 bits per heavy atom. The zero-order valence-electron chi connectivity index (χ0n) is 15.7. The van der Waals surface area contributed by atoms with Gasteiger partial charge in [0.15, 0.2) is 0 Å². The number of carbonyl (C=O) groups excluding carboxylic acids is 2. The number of nitrogens with zero attached hydrogens (tertiary/aromatic N) is 2. The highest BCUT2D eigenvalue weighted by Gasteiger charge is 2.31. The van der Waals surface area contributed by atoms with E-state index in [1.165, 1.54) is 5.56 Å². The molecule has 0 atom stereocenters. The average molecular weight is 345 g/mol. The van der Waals surface area contributed by atoms with E-state index in [9.17, 15) is 9.59 Å². The molecule has 5 heteroatoms. The van der Waals surface area contributed by atoms with Gasteiger partial charge < -0.3 is 10.2 Å². The smallest absolute Gasteiger partial charge is 0.225 e. The minimum atomic E-state index is 0.0663. The van der Waals surface area contributed by atoms with Crippen LogP contribution in [0, 0.1) is 17.8 Å². The Hall–Kier alpha value is -1.91. The van der Waals surface area contributed by atoms with Gasteiger partial charge in [0, 0.05) is 44.4 Å². The fourth-order valence-electron chi connectivity index (χ4n) is 3.32. The molecule has 25 heavy (non-hydrogen) atoms. The molecule has 1 aromatic heterocycles. The molecule has 0 aliphatic heterocycles. The summed E-state index contributed by atoms with van der Waals surface area (Å²) in [5.41, 5.74) is 1.19. The van der Waals surface area contributed by atoms with Crippen molar-refractivity contribution in [2.75, 3.05) is 20.1 Å². The lowest BCUT2D eigenvalue weighted by Gasteiger charge is -2.30. The van der Waals surface area contributed by atoms with Crippen LogP contribution < -0.4 is 5.32 Å². The summed E-state index contributed by atoms with van der Waals surface area (Å²) >= 11 is 0. The van der Waals surface area contributed by atoms with E-state index in [0.29, 0.717) is 5.92 Å². The van der Waals surface area contributed by atoms with Crippen molar-refractivity contribution in [2.45, 2.75) is 46.0 Å². The number of hydrogen-bond acceptors (Lipinski definition) is 3. The van der Waals surface area contributed by atoms with Gasteiger partial charge in [-0.3, -0.25) is 14.6 Å². The van der Waals surface area contributed by atoms with Crippen molar-refractivity contribution in [1.29, 1.82) is 0 Å².